The largest absolute Gasteiger partial charge is 0.458 e. The molecule has 0 N–H and O–H groups in total. The van der Waals surface area contributed by atoms with Crippen LogP contribution in [-0.4, -0.2) is 5.78 Å². The third-order valence-corrected chi connectivity index (χ3v) is 3.53. The zero-order chi connectivity index (χ0) is 13.1. The van der Waals surface area contributed by atoms with Crippen molar-refractivity contribution >= 4 is 29.0 Å². The molecule has 0 unspecified atom stereocenters. The first-order valence-electron chi connectivity index (χ1n) is 5.66. The summed E-state index contributed by atoms with van der Waals surface area (Å²) >= 11 is 11.9. The minimum atomic E-state index is -0.0983. The number of Topliss-reactive ketones (excluding diaryl/α,β-unsaturated/α-hetero) is 1. The van der Waals surface area contributed by atoms with Gasteiger partial charge in [0.25, 0.3) is 0 Å². The molecule has 2 rings (SSSR count). The van der Waals surface area contributed by atoms with Gasteiger partial charge in [-0.1, -0.05) is 42.3 Å². The lowest BCUT2D eigenvalue weighted by molar-refractivity contribution is 0.0965. The van der Waals surface area contributed by atoms with Gasteiger partial charge in [0.05, 0.1) is 10.0 Å². The minimum absolute atomic E-state index is 0.0983. The molecule has 0 aliphatic carbocycles. The van der Waals surface area contributed by atoms with Gasteiger partial charge in [0.1, 0.15) is 5.76 Å². The Labute approximate surface area is 116 Å². The van der Waals surface area contributed by atoms with Crippen molar-refractivity contribution in [2.75, 3.05) is 0 Å². The molecule has 1 aromatic carbocycles. The molecule has 0 atom stereocenters. The topological polar surface area (TPSA) is 30.2 Å². The Morgan fingerprint density at radius 1 is 1.22 bits per heavy atom. The smallest absolute Gasteiger partial charge is 0.202 e. The van der Waals surface area contributed by atoms with E-state index < -0.39 is 0 Å². The zero-order valence-corrected chi connectivity index (χ0v) is 11.4. The van der Waals surface area contributed by atoms with Gasteiger partial charge in [-0.25, -0.2) is 0 Å². The predicted octanol–water partition coefficient (Wildman–Crippen LogP) is 4.57. The molecule has 2 aromatic rings. The van der Waals surface area contributed by atoms with Gasteiger partial charge in [-0.15, -0.1) is 0 Å². The van der Waals surface area contributed by atoms with Crippen LogP contribution < -0.4 is 0 Å². The standard InChI is InChI=1S/C14H12Cl2O2/c1-2-10-6-7-13(18-10)12(17)8-9-4-3-5-11(15)14(9)16/h3-7H,2,8H2,1H3. The molecule has 0 aliphatic rings. The first-order valence-corrected chi connectivity index (χ1v) is 6.42. The average molecular weight is 283 g/mol. The van der Waals surface area contributed by atoms with Crippen LogP contribution in [0.1, 0.15) is 28.8 Å². The van der Waals surface area contributed by atoms with E-state index in [2.05, 4.69) is 0 Å². The number of furan rings is 1. The van der Waals surface area contributed by atoms with Gasteiger partial charge in [-0.2, -0.15) is 0 Å². The van der Waals surface area contributed by atoms with Crippen LogP contribution >= 0.6 is 23.2 Å². The van der Waals surface area contributed by atoms with E-state index in [-0.39, 0.29) is 12.2 Å². The number of benzene rings is 1. The maximum Gasteiger partial charge on any atom is 0.202 e. The predicted molar refractivity (Wildman–Crippen MR) is 72.6 cm³/mol. The molecule has 0 bridgehead atoms. The van der Waals surface area contributed by atoms with E-state index in [9.17, 15) is 4.79 Å². The molecule has 18 heavy (non-hydrogen) atoms. The van der Waals surface area contributed by atoms with E-state index in [0.717, 1.165) is 12.2 Å². The van der Waals surface area contributed by atoms with E-state index in [1.54, 1.807) is 24.3 Å². The quantitative estimate of drug-likeness (QED) is 0.769. The van der Waals surface area contributed by atoms with Gasteiger partial charge >= 0.3 is 0 Å². The molecular formula is C14H12Cl2O2. The maximum absolute atomic E-state index is 12.0. The second-order valence-electron chi connectivity index (χ2n) is 3.93. The highest BCUT2D eigenvalue weighted by atomic mass is 35.5. The number of carbonyl (C=O) groups excluding carboxylic acids is 1. The highest BCUT2D eigenvalue weighted by Gasteiger charge is 2.14. The van der Waals surface area contributed by atoms with E-state index in [1.165, 1.54) is 0 Å². The number of carbonyl (C=O) groups is 1. The zero-order valence-electron chi connectivity index (χ0n) is 9.87. The lowest BCUT2D eigenvalue weighted by Crippen LogP contribution is -2.02. The molecule has 0 saturated carbocycles. The summed E-state index contributed by atoms with van der Waals surface area (Å²) in [5, 5.41) is 0.880. The lowest BCUT2D eigenvalue weighted by atomic mass is 10.1. The SMILES string of the molecule is CCc1ccc(C(=O)Cc2cccc(Cl)c2Cl)o1. The number of rotatable bonds is 4. The van der Waals surface area contributed by atoms with E-state index in [4.69, 9.17) is 27.6 Å². The normalized spacial score (nSPS) is 10.6. The molecule has 94 valence electrons. The summed E-state index contributed by atoms with van der Waals surface area (Å²) in [5.74, 6) is 1.07. The Bertz CT molecular complexity index is 573. The molecule has 1 heterocycles. The molecule has 0 spiro atoms. The van der Waals surface area contributed by atoms with Crippen molar-refractivity contribution in [2.24, 2.45) is 0 Å². The summed E-state index contributed by atoms with van der Waals surface area (Å²) in [7, 11) is 0. The second kappa shape index (κ2) is 5.59. The van der Waals surface area contributed by atoms with Gasteiger partial charge in [0.2, 0.25) is 5.78 Å². The fraction of sp³-hybridized carbons (Fsp3) is 0.214. The number of halogens is 2. The van der Waals surface area contributed by atoms with Gasteiger partial charge in [0.15, 0.2) is 5.76 Å². The molecule has 0 radical (unpaired) electrons. The van der Waals surface area contributed by atoms with Crippen LogP contribution in [0, 0.1) is 0 Å². The van der Waals surface area contributed by atoms with Crippen LogP contribution in [0.15, 0.2) is 34.7 Å². The fourth-order valence-electron chi connectivity index (χ4n) is 1.66. The number of aryl methyl sites for hydroxylation is 1. The second-order valence-corrected chi connectivity index (χ2v) is 4.72. The van der Waals surface area contributed by atoms with Gasteiger partial charge in [-0.05, 0) is 23.8 Å². The van der Waals surface area contributed by atoms with Crippen molar-refractivity contribution in [3.63, 3.8) is 0 Å². The number of hydrogen-bond acceptors (Lipinski definition) is 2. The Balaban J connectivity index is 2.18. The monoisotopic (exact) mass is 282 g/mol. The Morgan fingerprint density at radius 2 is 2.00 bits per heavy atom. The summed E-state index contributed by atoms with van der Waals surface area (Å²) in [6.45, 7) is 1.97. The first-order chi connectivity index (χ1) is 8.61. The van der Waals surface area contributed by atoms with Crippen molar-refractivity contribution in [1.82, 2.24) is 0 Å². The van der Waals surface area contributed by atoms with Crippen molar-refractivity contribution < 1.29 is 9.21 Å². The molecule has 2 nitrogen and oxygen atoms in total. The molecule has 1 aromatic heterocycles. The van der Waals surface area contributed by atoms with Crippen LogP contribution in [-0.2, 0) is 12.8 Å². The summed E-state index contributed by atoms with van der Waals surface area (Å²) < 4.78 is 5.41. The molecule has 4 heteroatoms. The first kappa shape index (κ1) is 13.2. The molecule has 0 amide bonds. The highest BCUT2D eigenvalue weighted by Crippen LogP contribution is 2.26. The van der Waals surface area contributed by atoms with E-state index in [1.807, 2.05) is 13.0 Å². The highest BCUT2D eigenvalue weighted by molar-refractivity contribution is 6.42. The van der Waals surface area contributed by atoms with Crippen molar-refractivity contribution in [1.29, 1.82) is 0 Å². The molecular weight excluding hydrogens is 271 g/mol. The van der Waals surface area contributed by atoms with Crippen molar-refractivity contribution in [3.8, 4) is 0 Å². The van der Waals surface area contributed by atoms with Gasteiger partial charge < -0.3 is 4.42 Å². The van der Waals surface area contributed by atoms with Crippen LogP contribution in [0.5, 0.6) is 0 Å². The summed E-state index contributed by atoms with van der Waals surface area (Å²) in [5.41, 5.74) is 0.712. The van der Waals surface area contributed by atoms with Gasteiger partial charge in [-0.3, -0.25) is 4.79 Å². The van der Waals surface area contributed by atoms with Crippen LogP contribution in [0.4, 0.5) is 0 Å². The van der Waals surface area contributed by atoms with Gasteiger partial charge in [0, 0.05) is 12.8 Å². The average Bonchev–Trinajstić information content (AvgIpc) is 2.83. The minimum Gasteiger partial charge on any atom is -0.458 e. The van der Waals surface area contributed by atoms with E-state index in [0.29, 0.717) is 21.4 Å². The summed E-state index contributed by atoms with van der Waals surface area (Å²) in [6, 6.07) is 8.76. The molecule has 0 saturated heterocycles. The van der Waals surface area contributed by atoms with Crippen LogP contribution in [0.25, 0.3) is 0 Å². The third kappa shape index (κ3) is 2.77. The number of ketones is 1. The van der Waals surface area contributed by atoms with Crippen LogP contribution in [0.2, 0.25) is 10.0 Å². The molecule has 0 aliphatic heterocycles. The summed E-state index contributed by atoms with van der Waals surface area (Å²) in [6.07, 6.45) is 0.960. The van der Waals surface area contributed by atoms with E-state index >= 15 is 0 Å². The summed E-state index contributed by atoms with van der Waals surface area (Å²) in [4.78, 5) is 12.0. The number of hydrogen-bond donors (Lipinski definition) is 0. The third-order valence-electron chi connectivity index (χ3n) is 2.67. The Kier molecular flexibility index (Phi) is 4.10. The molecule has 0 fully saturated rings. The van der Waals surface area contributed by atoms with Crippen molar-refractivity contribution in [3.05, 3.63) is 57.5 Å². The Morgan fingerprint density at radius 3 is 2.67 bits per heavy atom. The van der Waals surface area contributed by atoms with Crippen LogP contribution in [0.3, 0.4) is 0 Å². The fourth-order valence-corrected chi connectivity index (χ4v) is 2.05. The maximum atomic E-state index is 12.0. The Hall–Kier alpha value is -1.25. The lowest BCUT2D eigenvalue weighted by Gasteiger charge is -2.03. The van der Waals surface area contributed by atoms with Crippen molar-refractivity contribution in [2.45, 2.75) is 19.8 Å².